The first kappa shape index (κ1) is 13.4. The molecule has 0 spiro atoms. The van der Waals surface area contributed by atoms with Crippen LogP contribution in [0.15, 0.2) is 30.3 Å². The predicted molar refractivity (Wildman–Crippen MR) is 66.8 cm³/mol. The standard InChI is InChI=1S/C14H15F3N2O/c15-14(16,17)13(20)19-7-6-11-12(19)9-18(11)8-10-4-2-1-3-5-10/h1-5,11-12H,6-9H2/t11-,12-/m0/s1. The van der Waals surface area contributed by atoms with E-state index in [9.17, 15) is 18.0 Å². The van der Waals surface area contributed by atoms with Crippen molar-refractivity contribution in [1.82, 2.24) is 9.80 Å². The second-order valence-corrected chi connectivity index (χ2v) is 5.33. The highest BCUT2D eigenvalue weighted by atomic mass is 19.4. The highest BCUT2D eigenvalue weighted by molar-refractivity contribution is 5.82. The molecule has 2 aliphatic heterocycles. The fraction of sp³-hybridized carbons (Fsp3) is 0.500. The summed E-state index contributed by atoms with van der Waals surface area (Å²) in [6.45, 7) is 1.47. The van der Waals surface area contributed by atoms with E-state index in [-0.39, 0.29) is 18.6 Å². The van der Waals surface area contributed by atoms with Crippen LogP contribution in [-0.2, 0) is 11.3 Å². The van der Waals surface area contributed by atoms with Crippen LogP contribution >= 0.6 is 0 Å². The molecule has 108 valence electrons. The zero-order valence-electron chi connectivity index (χ0n) is 10.8. The second-order valence-electron chi connectivity index (χ2n) is 5.33. The van der Waals surface area contributed by atoms with Crippen LogP contribution in [0.1, 0.15) is 12.0 Å². The van der Waals surface area contributed by atoms with E-state index >= 15 is 0 Å². The number of alkyl halides is 3. The van der Waals surface area contributed by atoms with E-state index in [0.29, 0.717) is 13.0 Å². The molecule has 20 heavy (non-hydrogen) atoms. The SMILES string of the molecule is O=C(N1CC[C@H]2[C@@H]1CN2Cc1ccccc1)C(F)(F)F. The minimum absolute atomic E-state index is 0.0708. The van der Waals surface area contributed by atoms with Crippen molar-refractivity contribution in [2.24, 2.45) is 0 Å². The number of carbonyl (C=O) groups is 1. The Morgan fingerprint density at radius 1 is 1.20 bits per heavy atom. The third kappa shape index (κ3) is 2.28. The van der Waals surface area contributed by atoms with Crippen LogP contribution in [-0.4, -0.2) is 47.1 Å². The van der Waals surface area contributed by atoms with E-state index in [4.69, 9.17) is 0 Å². The summed E-state index contributed by atoms with van der Waals surface area (Å²) in [7, 11) is 0. The molecule has 0 saturated carbocycles. The fourth-order valence-corrected chi connectivity index (χ4v) is 3.14. The molecule has 2 saturated heterocycles. The Bertz CT molecular complexity index is 503. The number of nitrogens with zero attached hydrogens (tertiary/aromatic N) is 2. The van der Waals surface area contributed by atoms with E-state index in [2.05, 4.69) is 4.90 Å². The first-order chi connectivity index (χ1) is 9.47. The molecule has 0 unspecified atom stereocenters. The Kier molecular flexibility index (Phi) is 3.20. The van der Waals surface area contributed by atoms with Crippen molar-refractivity contribution in [3.63, 3.8) is 0 Å². The molecular formula is C14H15F3N2O. The van der Waals surface area contributed by atoms with Crippen LogP contribution in [0.3, 0.4) is 0 Å². The topological polar surface area (TPSA) is 23.6 Å². The lowest BCUT2D eigenvalue weighted by molar-refractivity contribution is -0.189. The van der Waals surface area contributed by atoms with Gasteiger partial charge in [0.15, 0.2) is 0 Å². The molecule has 6 heteroatoms. The van der Waals surface area contributed by atoms with E-state index in [1.165, 1.54) is 0 Å². The molecule has 2 heterocycles. The average molecular weight is 284 g/mol. The van der Waals surface area contributed by atoms with E-state index in [0.717, 1.165) is 17.0 Å². The van der Waals surface area contributed by atoms with Crippen molar-refractivity contribution in [3.8, 4) is 0 Å². The number of amides is 1. The Morgan fingerprint density at radius 3 is 2.55 bits per heavy atom. The largest absolute Gasteiger partial charge is 0.471 e. The number of hydrogen-bond donors (Lipinski definition) is 0. The van der Waals surface area contributed by atoms with Gasteiger partial charge in [0.25, 0.3) is 0 Å². The molecule has 0 radical (unpaired) electrons. The van der Waals surface area contributed by atoms with Crippen molar-refractivity contribution >= 4 is 5.91 Å². The minimum Gasteiger partial charge on any atom is -0.329 e. The molecule has 1 aromatic rings. The van der Waals surface area contributed by atoms with Crippen LogP contribution in [0.5, 0.6) is 0 Å². The van der Waals surface area contributed by atoms with Gasteiger partial charge >= 0.3 is 12.1 Å². The summed E-state index contributed by atoms with van der Waals surface area (Å²) in [5.74, 6) is -1.69. The monoisotopic (exact) mass is 284 g/mol. The van der Waals surface area contributed by atoms with Gasteiger partial charge in [-0.15, -0.1) is 0 Å². The third-order valence-corrected chi connectivity index (χ3v) is 4.13. The van der Waals surface area contributed by atoms with Gasteiger partial charge in [-0.3, -0.25) is 9.69 Å². The van der Waals surface area contributed by atoms with E-state index < -0.39 is 12.1 Å². The summed E-state index contributed by atoms with van der Waals surface area (Å²) in [6, 6.07) is 9.62. The van der Waals surface area contributed by atoms with E-state index in [1.54, 1.807) is 0 Å². The lowest BCUT2D eigenvalue weighted by atomic mass is 9.96. The molecule has 0 bridgehead atoms. The van der Waals surface area contributed by atoms with Crippen LogP contribution in [0, 0.1) is 0 Å². The van der Waals surface area contributed by atoms with Gasteiger partial charge in [-0.2, -0.15) is 13.2 Å². The molecule has 2 aliphatic rings. The molecular weight excluding hydrogens is 269 g/mol. The van der Waals surface area contributed by atoms with E-state index in [1.807, 2.05) is 30.3 Å². The van der Waals surface area contributed by atoms with Gasteiger partial charge in [-0.1, -0.05) is 30.3 Å². The zero-order valence-corrected chi connectivity index (χ0v) is 10.8. The lowest BCUT2D eigenvalue weighted by Crippen LogP contribution is -2.63. The zero-order chi connectivity index (χ0) is 14.3. The molecule has 1 aromatic carbocycles. The molecule has 3 rings (SSSR count). The molecule has 2 fully saturated rings. The summed E-state index contributed by atoms with van der Waals surface area (Å²) in [5, 5.41) is 0. The number of hydrogen-bond acceptors (Lipinski definition) is 2. The number of fused-ring (bicyclic) bond motifs is 1. The van der Waals surface area contributed by atoms with Gasteiger partial charge in [0.05, 0.1) is 6.04 Å². The maximum Gasteiger partial charge on any atom is 0.471 e. The van der Waals surface area contributed by atoms with Gasteiger partial charge < -0.3 is 4.90 Å². The Labute approximate surface area is 115 Å². The summed E-state index contributed by atoms with van der Waals surface area (Å²) in [6.07, 6.45) is -4.13. The Hall–Kier alpha value is -1.56. The van der Waals surface area contributed by atoms with Gasteiger partial charge in [0, 0.05) is 25.7 Å². The highest BCUT2D eigenvalue weighted by Crippen LogP contribution is 2.36. The quantitative estimate of drug-likeness (QED) is 0.829. The van der Waals surface area contributed by atoms with Crippen LogP contribution in [0.2, 0.25) is 0 Å². The molecule has 1 amide bonds. The number of halogens is 3. The molecule has 0 aliphatic carbocycles. The summed E-state index contributed by atoms with van der Waals surface area (Å²) in [4.78, 5) is 14.4. The van der Waals surface area contributed by atoms with Gasteiger partial charge in [0.2, 0.25) is 0 Å². The predicted octanol–water partition coefficient (Wildman–Crippen LogP) is 2.03. The minimum atomic E-state index is -4.76. The maximum absolute atomic E-state index is 12.5. The Balaban J connectivity index is 1.61. The van der Waals surface area contributed by atoms with Gasteiger partial charge in [-0.05, 0) is 12.0 Å². The van der Waals surface area contributed by atoms with Crippen LogP contribution in [0.25, 0.3) is 0 Å². The molecule has 3 nitrogen and oxygen atoms in total. The number of likely N-dealkylation sites (tertiary alicyclic amines) is 2. The normalized spacial score (nSPS) is 26.2. The van der Waals surface area contributed by atoms with Crippen molar-refractivity contribution in [2.75, 3.05) is 13.1 Å². The second kappa shape index (κ2) is 4.77. The number of benzene rings is 1. The molecule has 2 atom stereocenters. The maximum atomic E-state index is 12.5. The van der Waals surface area contributed by atoms with Crippen molar-refractivity contribution in [1.29, 1.82) is 0 Å². The summed E-state index contributed by atoms with van der Waals surface area (Å²) < 4.78 is 37.4. The lowest BCUT2D eigenvalue weighted by Gasteiger charge is -2.46. The fourth-order valence-electron chi connectivity index (χ4n) is 3.14. The first-order valence-corrected chi connectivity index (χ1v) is 6.62. The van der Waals surface area contributed by atoms with Crippen LogP contribution < -0.4 is 0 Å². The van der Waals surface area contributed by atoms with Crippen LogP contribution in [0.4, 0.5) is 13.2 Å². The summed E-state index contributed by atoms with van der Waals surface area (Å²) >= 11 is 0. The number of rotatable bonds is 2. The summed E-state index contributed by atoms with van der Waals surface area (Å²) in [5.41, 5.74) is 1.14. The van der Waals surface area contributed by atoms with Gasteiger partial charge in [0.1, 0.15) is 0 Å². The van der Waals surface area contributed by atoms with Crippen molar-refractivity contribution in [2.45, 2.75) is 31.2 Å². The van der Waals surface area contributed by atoms with Crippen molar-refractivity contribution in [3.05, 3.63) is 35.9 Å². The molecule has 0 N–H and O–H groups in total. The number of carbonyl (C=O) groups excluding carboxylic acids is 1. The third-order valence-electron chi connectivity index (χ3n) is 4.13. The average Bonchev–Trinajstić information content (AvgIpc) is 2.72. The highest BCUT2D eigenvalue weighted by Gasteiger charge is 2.53. The first-order valence-electron chi connectivity index (χ1n) is 6.62. The smallest absolute Gasteiger partial charge is 0.329 e. The molecule has 0 aromatic heterocycles. The Morgan fingerprint density at radius 2 is 1.90 bits per heavy atom. The van der Waals surface area contributed by atoms with Crippen molar-refractivity contribution < 1.29 is 18.0 Å². The van der Waals surface area contributed by atoms with Gasteiger partial charge in [-0.25, -0.2) is 0 Å².